The quantitative estimate of drug-likeness (QED) is 0.479. The van der Waals surface area contributed by atoms with E-state index in [0.717, 1.165) is 33.0 Å². The van der Waals surface area contributed by atoms with Crippen LogP contribution in [0.1, 0.15) is 41.7 Å². The Morgan fingerprint density at radius 2 is 1.82 bits per heavy atom. The third-order valence-corrected chi connectivity index (χ3v) is 8.54. The van der Waals surface area contributed by atoms with Gasteiger partial charge in [0.1, 0.15) is 12.0 Å². The number of methoxy groups -OCH3 is 1. The first kappa shape index (κ1) is 26.1. The molecule has 0 radical (unpaired) electrons. The first-order chi connectivity index (χ1) is 18.0. The van der Waals surface area contributed by atoms with E-state index in [1.807, 2.05) is 0 Å². The summed E-state index contributed by atoms with van der Waals surface area (Å²) in [5, 5.41) is 2.83. The predicted molar refractivity (Wildman–Crippen MR) is 141 cm³/mol. The van der Waals surface area contributed by atoms with Crippen LogP contribution >= 0.6 is 0 Å². The van der Waals surface area contributed by atoms with Crippen LogP contribution in [0, 0.1) is 12.3 Å². The number of esters is 1. The SMILES string of the molecule is COC(=O)CS(=O)(=O)Nc1ccc(C(=O)Nc2cc(C)nc(N3CC(F)C3)n2)c(N2CCC3(CC2)CC3)c1. The third kappa shape index (κ3) is 5.82. The number of alkyl halides is 1. The average Bonchev–Trinajstić information content (AvgIpc) is 3.60. The summed E-state index contributed by atoms with van der Waals surface area (Å²) in [6.45, 7) is 3.69. The molecule has 1 spiro atoms. The zero-order chi connectivity index (χ0) is 27.1. The van der Waals surface area contributed by atoms with Gasteiger partial charge in [0.15, 0.2) is 5.75 Å². The van der Waals surface area contributed by atoms with Crippen LogP contribution in [-0.4, -0.2) is 75.5 Å². The van der Waals surface area contributed by atoms with Gasteiger partial charge < -0.3 is 19.9 Å². The summed E-state index contributed by atoms with van der Waals surface area (Å²) in [6.07, 6.45) is 3.54. The summed E-state index contributed by atoms with van der Waals surface area (Å²) < 4.78 is 45.1. The molecule has 1 aromatic heterocycles. The van der Waals surface area contributed by atoms with Gasteiger partial charge in [-0.15, -0.1) is 0 Å². The number of hydrogen-bond acceptors (Lipinski definition) is 9. The van der Waals surface area contributed by atoms with E-state index in [1.54, 1.807) is 30.0 Å². The van der Waals surface area contributed by atoms with Crippen molar-refractivity contribution >= 4 is 45.0 Å². The molecule has 3 heterocycles. The molecule has 13 heteroatoms. The average molecular weight is 547 g/mol. The molecule has 1 saturated carbocycles. The molecule has 3 fully saturated rings. The molecule has 1 aromatic carbocycles. The molecule has 5 rings (SSSR count). The fourth-order valence-corrected chi connectivity index (χ4v) is 5.89. The highest BCUT2D eigenvalue weighted by atomic mass is 32.2. The third-order valence-electron chi connectivity index (χ3n) is 7.38. The zero-order valence-electron chi connectivity index (χ0n) is 21.4. The van der Waals surface area contributed by atoms with Gasteiger partial charge in [0.25, 0.3) is 5.91 Å². The Morgan fingerprint density at radius 1 is 1.11 bits per heavy atom. The van der Waals surface area contributed by atoms with Gasteiger partial charge >= 0.3 is 5.97 Å². The molecule has 1 amide bonds. The number of nitrogens with one attached hydrogen (secondary N) is 2. The Kier molecular flexibility index (Phi) is 6.88. The maximum Gasteiger partial charge on any atom is 0.322 e. The molecule has 2 N–H and O–H groups in total. The maximum absolute atomic E-state index is 13.5. The number of ether oxygens (including phenoxy) is 1. The number of amides is 1. The smallest absolute Gasteiger partial charge is 0.322 e. The zero-order valence-corrected chi connectivity index (χ0v) is 22.2. The molecule has 2 saturated heterocycles. The molecule has 0 unspecified atom stereocenters. The lowest BCUT2D eigenvalue weighted by atomic mass is 9.93. The number of piperidine rings is 1. The van der Waals surface area contributed by atoms with Crippen molar-refractivity contribution in [3.63, 3.8) is 0 Å². The summed E-state index contributed by atoms with van der Waals surface area (Å²) in [6, 6.07) is 6.30. The van der Waals surface area contributed by atoms with Crippen molar-refractivity contribution in [3.05, 3.63) is 35.5 Å². The Morgan fingerprint density at radius 3 is 2.45 bits per heavy atom. The first-order valence-electron chi connectivity index (χ1n) is 12.6. The highest BCUT2D eigenvalue weighted by molar-refractivity contribution is 7.93. The number of benzene rings is 1. The minimum absolute atomic E-state index is 0.213. The number of aromatic nitrogens is 2. The molecule has 1 aliphatic carbocycles. The van der Waals surface area contributed by atoms with Crippen molar-refractivity contribution in [1.29, 1.82) is 0 Å². The summed E-state index contributed by atoms with van der Waals surface area (Å²) in [5.74, 6) is -1.45. The number of hydrogen-bond donors (Lipinski definition) is 2. The summed E-state index contributed by atoms with van der Waals surface area (Å²) >= 11 is 0. The van der Waals surface area contributed by atoms with Gasteiger partial charge in [-0.25, -0.2) is 17.8 Å². The van der Waals surface area contributed by atoms with Gasteiger partial charge in [-0.2, -0.15) is 4.98 Å². The number of halogens is 1. The number of carbonyl (C=O) groups is 2. The normalized spacial score (nSPS) is 18.6. The lowest BCUT2D eigenvalue weighted by Gasteiger charge is -2.35. The Balaban J connectivity index is 1.40. The van der Waals surface area contributed by atoms with Crippen LogP contribution in [0.4, 0.5) is 27.5 Å². The number of rotatable bonds is 8. The van der Waals surface area contributed by atoms with Crippen LogP contribution in [0.5, 0.6) is 0 Å². The number of carbonyl (C=O) groups excluding carboxylic acids is 2. The van der Waals surface area contributed by atoms with Gasteiger partial charge in [0.05, 0.1) is 37.1 Å². The van der Waals surface area contributed by atoms with Gasteiger partial charge in [-0.3, -0.25) is 14.3 Å². The molecule has 0 atom stereocenters. The lowest BCUT2D eigenvalue weighted by molar-refractivity contribution is -0.137. The predicted octanol–water partition coefficient (Wildman–Crippen LogP) is 2.49. The summed E-state index contributed by atoms with van der Waals surface area (Å²) in [7, 11) is -2.87. The van der Waals surface area contributed by atoms with E-state index in [9.17, 15) is 22.4 Å². The Bertz CT molecular complexity index is 1350. The van der Waals surface area contributed by atoms with E-state index in [0.29, 0.717) is 34.1 Å². The van der Waals surface area contributed by atoms with Gasteiger partial charge in [0.2, 0.25) is 16.0 Å². The molecule has 0 bridgehead atoms. The fraction of sp³-hybridized carbons (Fsp3) is 0.520. The van der Waals surface area contributed by atoms with Crippen molar-refractivity contribution in [3.8, 4) is 0 Å². The Labute approximate surface area is 220 Å². The highest BCUT2D eigenvalue weighted by Gasteiger charge is 2.44. The molecule has 2 aliphatic heterocycles. The second kappa shape index (κ2) is 10.0. The van der Waals surface area contributed by atoms with Crippen LogP contribution in [0.2, 0.25) is 0 Å². The molecule has 38 heavy (non-hydrogen) atoms. The topological polar surface area (TPSA) is 134 Å². The van der Waals surface area contributed by atoms with Gasteiger partial charge in [0, 0.05) is 24.8 Å². The standard InChI is InChI=1S/C25H31FN6O5S/c1-16-11-21(29-24(27-16)32-13-17(26)14-32)28-23(34)19-4-3-18(30-38(35,36)15-22(33)37-2)12-20(19)31-9-7-25(5-6-25)8-10-31/h3-4,11-12,17,30H,5-10,13-15H2,1-2H3,(H,27,28,29,34). The molecule has 2 aromatic rings. The van der Waals surface area contributed by atoms with Crippen LogP contribution in [0.25, 0.3) is 0 Å². The largest absolute Gasteiger partial charge is 0.468 e. The van der Waals surface area contributed by atoms with E-state index < -0.39 is 33.8 Å². The minimum atomic E-state index is -3.99. The molecule has 204 valence electrons. The second-order valence-electron chi connectivity index (χ2n) is 10.3. The number of sulfonamides is 1. The van der Waals surface area contributed by atoms with Crippen molar-refractivity contribution in [2.24, 2.45) is 5.41 Å². The highest BCUT2D eigenvalue weighted by Crippen LogP contribution is 2.54. The number of anilines is 4. The summed E-state index contributed by atoms with van der Waals surface area (Å²) in [4.78, 5) is 37.5. The van der Waals surface area contributed by atoms with E-state index >= 15 is 0 Å². The van der Waals surface area contributed by atoms with Gasteiger partial charge in [-0.05, 0) is 56.2 Å². The van der Waals surface area contributed by atoms with E-state index in [2.05, 4.69) is 29.6 Å². The monoisotopic (exact) mass is 546 g/mol. The van der Waals surface area contributed by atoms with Crippen LogP contribution in [0.3, 0.4) is 0 Å². The molecular formula is C25H31FN6O5S. The summed E-state index contributed by atoms with van der Waals surface area (Å²) in [5.41, 5.74) is 2.23. The van der Waals surface area contributed by atoms with E-state index in [-0.39, 0.29) is 18.8 Å². The molecular weight excluding hydrogens is 515 g/mol. The van der Waals surface area contributed by atoms with E-state index in [1.165, 1.54) is 18.9 Å². The second-order valence-corrected chi connectivity index (χ2v) is 12.0. The maximum atomic E-state index is 13.5. The molecule has 3 aliphatic rings. The Hall–Kier alpha value is -3.48. The first-order valence-corrected chi connectivity index (χ1v) is 14.2. The van der Waals surface area contributed by atoms with Crippen LogP contribution in [0.15, 0.2) is 24.3 Å². The molecule has 11 nitrogen and oxygen atoms in total. The number of aryl methyl sites for hydroxylation is 1. The van der Waals surface area contributed by atoms with E-state index in [4.69, 9.17) is 0 Å². The number of nitrogens with zero attached hydrogens (tertiary/aromatic N) is 4. The van der Waals surface area contributed by atoms with Crippen LogP contribution < -0.4 is 19.8 Å². The van der Waals surface area contributed by atoms with Crippen molar-refractivity contribution in [1.82, 2.24) is 9.97 Å². The fourth-order valence-electron chi connectivity index (χ4n) is 4.91. The van der Waals surface area contributed by atoms with Crippen molar-refractivity contribution in [2.45, 2.75) is 38.8 Å². The minimum Gasteiger partial charge on any atom is -0.468 e. The van der Waals surface area contributed by atoms with Crippen molar-refractivity contribution in [2.75, 3.05) is 58.9 Å². The lowest BCUT2D eigenvalue weighted by Crippen LogP contribution is -2.49. The van der Waals surface area contributed by atoms with Crippen molar-refractivity contribution < 1.29 is 27.1 Å². The van der Waals surface area contributed by atoms with Crippen LogP contribution in [-0.2, 0) is 19.6 Å². The van der Waals surface area contributed by atoms with Gasteiger partial charge in [-0.1, -0.05) is 0 Å².